The lowest BCUT2D eigenvalue weighted by molar-refractivity contribution is 0.288. The summed E-state index contributed by atoms with van der Waals surface area (Å²) in [5.74, 6) is 1.61. The molecule has 10 nitrogen and oxygen atoms in total. The standard InChI is InChI=1S/C25H29N7O3S/c1-35-22-10-6-21(7-11-22)31-36(33,34)23-12-8-20(9-13-23)29-25-27-14-18-15-28-32(24(18)30-25)16-17-2-4-19(26)5-3-17/h6-15,17,19,31H,2-5,16,26H2,1H3,(H,27,29,30)/t17-,19-. The molecule has 36 heavy (non-hydrogen) atoms. The summed E-state index contributed by atoms with van der Waals surface area (Å²) in [5, 5.41) is 8.54. The van der Waals surface area contributed by atoms with Crippen molar-refractivity contribution in [2.45, 2.75) is 43.2 Å². The minimum Gasteiger partial charge on any atom is -0.497 e. The zero-order chi connectivity index (χ0) is 25.1. The van der Waals surface area contributed by atoms with Crippen molar-refractivity contribution in [3.63, 3.8) is 0 Å². The lowest BCUT2D eigenvalue weighted by Crippen LogP contribution is -2.28. The van der Waals surface area contributed by atoms with Gasteiger partial charge >= 0.3 is 0 Å². The average Bonchev–Trinajstić information content (AvgIpc) is 3.28. The number of nitrogens with zero attached hydrogens (tertiary/aromatic N) is 4. The summed E-state index contributed by atoms with van der Waals surface area (Å²) in [6, 6.07) is 13.4. The number of nitrogens with one attached hydrogen (secondary N) is 2. The Balaban J connectivity index is 1.27. The highest BCUT2D eigenvalue weighted by Gasteiger charge is 2.20. The molecule has 2 aromatic carbocycles. The second-order valence-corrected chi connectivity index (χ2v) is 10.7. The normalized spacial score (nSPS) is 18.2. The Kier molecular flexibility index (Phi) is 6.75. The van der Waals surface area contributed by atoms with Gasteiger partial charge in [0.2, 0.25) is 5.95 Å². The number of nitrogens with two attached hydrogens (primary N) is 1. The summed E-state index contributed by atoms with van der Waals surface area (Å²) in [4.78, 5) is 9.19. The van der Waals surface area contributed by atoms with Gasteiger partial charge in [-0.3, -0.25) is 4.72 Å². The first kappa shape index (κ1) is 24.0. The highest BCUT2D eigenvalue weighted by molar-refractivity contribution is 7.92. The third-order valence-corrected chi connectivity index (χ3v) is 7.86. The molecule has 0 unspecified atom stereocenters. The predicted molar refractivity (Wildman–Crippen MR) is 139 cm³/mol. The Bertz CT molecular complexity index is 1430. The van der Waals surface area contributed by atoms with Crippen molar-refractivity contribution >= 4 is 38.4 Å². The minimum absolute atomic E-state index is 0.144. The molecule has 11 heteroatoms. The smallest absolute Gasteiger partial charge is 0.261 e. The van der Waals surface area contributed by atoms with Crippen LogP contribution < -0.4 is 20.5 Å². The van der Waals surface area contributed by atoms with Crippen LogP contribution in [0.25, 0.3) is 11.0 Å². The molecule has 0 spiro atoms. The Morgan fingerprint density at radius 2 is 1.69 bits per heavy atom. The Morgan fingerprint density at radius 1 is 1.00 bits per heavy atom. The van der Waals surface area contributed by atoms with Gasteiger partial charge in [-0.25, -0.2) is 18.1 Å². The second-order valence-electron chi connectivity index (χ2n) is 9.06. The maximum Gasteiger partial charge on any atom is 0.261 e. The third-order valence-electron chi connectivity index (χ3n) is 6.46. The second kappa shape index (κ2) is 10.1. The van der Waals surface area contributed by atoms with Crippen LogP contribution in [0.1, 0.15) is 25.7 Å². The zero-order valence-corrected chi connectivity index (χ0v) is 20.8. The number of hydrogen-bond acceptors (Lipinski definition) is 8. The molecule has 0 bridgehead atoms. The molecule has 0 radical (unpaired) electrons. The first-order chi connectivity index (χ1) is 17.4. The number of hydrogen-bond donors (Lipinski definition) is 3. The fourth-order valence-electron chi connectivity index (χ4n) is 4.40. The van der Waals surface area contributed by atoms with Gasteiger partial charge in [0.1, 0.15) is 5.75 Å². The van der Waals surface area contributed by atoms with Crippen LogP contribution in [0.15, 0.2) is 65.8 Å². The first-order valence-corrected chi connectivity index (χ1v) is 13.4. The highest BCUT2D eigenvalue weighted by atomic mass is 32.2. The molecule has 1 aliphatic carbocycles. The van der Waals surface area contributed by atoms with Crippen molar-refractivity contribution in [3.8, 4) is 5.75 Å². The van der Waals surface area contributed by atoms with Gasteiger partial charge < -0.3 is 15.8 Å². The SMILES string of the molecule is COc1ccc(NS(=O)(=O)c2ccc(Nc3ncc4cnn(C[C@H]5CC[C@H](N)CC5)c4n3)cc2)cc1. The number of fused-ring (bicyclic) bond motifs is 1. The maximum atomic E-state index is 12.8. The number of sulfonamides is 1. The summed E-state index contributed by atoms with van der Waals surface area (Å²) in [7, 11) is -2.18. The molecule has 5 rings (SSSR count). The molecule has 0 atom stereocenters. The van der Waals surface area contributed by atoms with Crippen molar-refractivity contribution in [2.24, 2.45) is 11.7 Å². The van der Waals surface area contributed by atoms with E-state index in [1.807, 2.05) is 4.68 Å². The van der Waals surface area contributed by atoms with E-state index in [-0.39, 0.29) is 4.90 Å². The van der Waals surface area contributed by atoms with E-state index < -0.39 is 10.0 Å². The summed E-state index contributed by atoms with van der Waals surface area (Å²) >= 11 is 0. The van der Waals surface area contributed by atoms with E-state index in [0.717, 1.165) is 43.3 Å². The van der Waals surface area contributed by atoms with Gasteiger partial charge in [0.15, 0.2) is 5.65 Å². The van der Waals surface area contributed by atoms with Gasteiger partial charge in [-0.15, -0.1) is 0 Å². The molecule has 1 aliphatic rings. The largest absolute Gasteiger partial charge is 0.497 e. The van der Waals surface area contributed by atoms with Crippen molar-refractivity contribution in [1.82, 2.24) is 19.7 Å². The number of aromatic nitrogens is 4. The number of ether oxygens (including phenoxy) is 1. The highest BCUT2D eigenvalue weighted by Crippen LogP contribution is 2.26. The molecular weight excluding hydrogens is 478 g/mol. The van der Waals surface area contributed by atoms with E-state index in [1.54, 1.807) is 55.9 Å². The lowest BCUT2D eigenvalue weighted by atomic mass is 9.86. The van der Waals surface area contributed by atoms with Crippen LogP contribution in [0.4, 0.5) is 17.3 Å². The molecule has 188 valence electrons. The lowest BCUT2D eigenvalue weighted by Gasteiger charge is -2.25. The van der Waals surface area contributed by atoms with Gasteiger partial charge in [-0.1, -0.05) is 0 Å². The van der Waals surface area contributed by atoms with Crippen molar-refractivity contribution in [3.05, 3.63) is 60.9 Å². The van der Waals surface area contributed by atoms with Crippen LogP contribution in [0.5, 0.6) is 5.75 Å². The van der Waals surface area contributed by atoms with E-state index in [0.29, 0.717) is 35.0 Å². The van der Waals surface area contributed by atoms with Crippen LogP contribution in [0, 0.1) is 5.92 Å². The summed E-state index contributed by atoms with van der Waals surface area (Å²) < 4.78 is 35.1. The van der Waals surface area contributed by atoms with Crippen LogP contribution in [0.3, 0.4) is 0 Å². The molecular formula is C25H29N7O3S. The Morgan fingerprint density at radius 3 is 2.39 bits per heavy atom. The molecule has 0 aliphatic heterocycles. The van der Waals surface area contributed by atoms with Crippen molar-refractivity contribution in [1.29, 1.82) is 0 Å². The van der Waals surface area contributed by atoms with Crippen molar-refractivity contribution in [2.75, 3.05) is 17.1 Å². The molecule has 4 N–H and O–H groups in total. The number of rotatable bonds is 8. The van der Waals surface area contributed by atoms with Crippen LogP contribution in [-0.4, -0.2) is 41.3 Å². The fourth-order valence-corrected chi connectivity index (χ4v) is 5.45. The molecule has 0 saturated heterocycles. The third kappa shape index (κ3) is 5.42. The summed E-state index contributed by atoms with van der Waals surface area (Å²) in [6.07, 6.45) is 7.81. The molecule has 1 fully saturated rings. The van der Waals surface area contributed by atoms with E-state index in [4.69, 9.17) is 10.5 Å². The van der Waals surface area contributed by atoms with E-state index >= 15 is 0 Å². The minimum atomic E-state index is -3.74. The quantitative estimate of drug-likeness (QED) is 0.327. The monoisotopic (exact) mass is 507 g/mol. The Hall–Kier alpha value is -3.70. The molecule has 4 aromatic rings. The van der Waals surface area contributed by atoms with Gasteiger partial charge in [-0.2, -0.15) is 10.1 Å². The van der Waals surface area contributed by atoms with Gasteiger partial charge in [-0.05, 0) is 80.1 Å². The summed E-state index contributed by atoms with van der Waals surface area (Å²) in [6.45, 7) is 0.806. The fraction of sp³-hybridized carbons (Fsp3) is 0.320. The number of methoxy groups -OCH3 is 1. The van der Waals surface area contributed by atoms with E-state index in [1.165, 1.54) is 12.1 Å². The topological polar surface area (TPSA) is 137 Å². The summed E-state index contributed by atoms with van der Waals surface area (Å²) in [5.41, 5.74) is 7.93. The van der Waals surface area contributed by atoms with Crippen molar-refractivity contribution < 1.29 is 13.2 Å². The molecule has 1 saturated carbocycles. The van der Waals surface area contributed by atoms with Crippen LogP contribution in [0.2, 0.25) is 0 Å². The van der Waals surface area contributed by atoms with Crippen LogP contribution >= 0.6 is 0 Å². The predicted octanol–water partition coefficient (Wildman–Crippen LogP) is 3.90. The van der Waals surface area contributed by atoms with E-state index in [9.17, 15) is 8.42 Å². The molecule has 2 heterocycles. The molecule has 0 amide bonds. The average molecular weight is 508 g/mol. The maximum absolute atomic E-state index is 12.8. The van der Waals surface area contributed by atoms with Gasteiger partial charge in [0, 0.05) is 30.2 Å². The van der Waals surface area contributed by atoms with E-state index in [2.05, 4.69) is 25.1 Å². The number of benzene rings is 2. The van der Waals surface area contributed by atoms with Gasteiger partial charge in [0.25, 0.3) is 10.0 Å². The van der Waals surface area contributed by atoms with Crippen LogP contribution in [-0.2, 0) is 16.6 Å². The number of anilines is 3. The zero-order valence-electron chi connectivity index (χ0n) is 20.0. The molecule has 2 aromatic heterocycles. The van der Waals surface area contributed by atoms with Gasteiger partial charge in [0.05, 0.1) is 23.6 Å². The Labute approximate surface area is 210 Å². The first-order valence-electron chi connectivity index (χ1n) is 11.9.